The molecule has 0 saturated carbocycles. The molecule has 0 aliphatic rings. The minimum absolute atomic E-state index is 0.268. The molecule has 4 rings (SSSR count). The second-order valence-electron chi connectivity index (χ2n) is 6.88. The fraction of sp³-hybridized carbons (Fsp3) is 0.120. The van der Waals surface area contributed by atoms with Gasteiger partial charge in [0.2, 0.25) is 0 Å². The van der Waals surface area contributed by atoms with Crippen molar-refractivity contribution in [2.24, 2.45) is 5.10 Å². The lowest BCUT2D eigenvalue weighted by Crippen LogP contribution is -2.17. The maximum absolute atomic E-state index is 12.3. The van der Waals surface area contributed by atoms with E-state index in [2.05, 4.69) is 15.5 Å². The van der Waals surface area contributed by atoms with E-state index in [1.807, 2.05) is 73.8 Å². The van der Waals surface area contributed by atoms with Crippen molar-refractivity contribution in [3.63, 3.8) is 0 Å². The molecule has 156 valence electrons. The van der Waals surface area contributed by atoms with Gasteiger partial charge in [-0.3, -0.25) is 4.79 Å². The Balaban J connectivity index is 1.30. The number of aromatic nitrogens is 1. The first-order chi connectivity index (χ1) is 15.2. The molecule has 0 aliphatic heterocycles. The van der Waals surface area contributed by atoms with Crippen molar-refractivity contribution in [1.82, 2.24) is 10.4 Å². The average molecular weight is 413 g/mol. The Kier molecular flexibility index (Phi) is 6.28. The molecule has 0 atom stereocenters. The number of carbonyl (C=O) groups excluding carboxylic acids is 1. The van der Waals surface area contributed by atoms with E-state index < -0.39 is 0 Å². The Hall–Kier alpha value is -4.06. The van der Waals surface area contributed by atoms with Crippen LogP contribution in [0.5, 0.6) is 11.5 Å². The average Bonchev–Trinajstić information content (AvgIpc) is 3.22. The van der Waals surface area contributed by atoms with Gasteiger partial charge in [0.25, 0.3) is 5.91 Å². The third kappa shape index (κ3) is 5.11. The van der Waals surface area contributed by atoms with Crippen LogP contribution in [0.3, 0.4) is 0 Å². The van der Waals surface area contributed by atoms with Crippen LogP contribution in [0.4, 0.5) is 0 Å². The second-order valence-corrected chi connectivity index (χ2v) is 6.88. The first kappa shape index (κ1) is 20.2. The molecular formula is C25H23N3O3. The lowest BCUT2D eigenvalue weighted by molar-refractivity contribution is 0.0955. The molecular weight excluding hydrogens is 390 g/mol. The summed E-state index contributed by atoms with van der Waals surface area (Å²) in [6.07, 6.45) is 3.50. The fourth-order valence-electron chi connectivity index (χ4n) is 3.14. The number of fused-ring (bicyclic) bond motifs is 1. The Labute approximate surface area is 180 Å². The van der Waals surface area contributed by atoms with Gasteiger partial charge in [0, 0.05) is 28.2 Å². The van der Waals surface area contributed by atoms with Gasteiger partial charge in [-0.15, -0.1) is 0 Å². The van der Waals surface area contributed by atoms with E-state index in [1.54, 1.807) is 18.3 Å². The minimum Gasteiger partial charge on any atom is -0.494 e. The molecule has 0 radical (unpaired) electrons. The van der Waals surface area contributed by atoms with E-state index in [1.165, 1.54) is 0 Å². The van der Waals surface area contributed by atoms with Crippen LogP contribution in [-0.4, -0.2) is 23.7 Å². The minimum atomic E-state index is -0.268. The number of ether oxygens (including phenoxy) is 2. The Morgan fingerprint density at radius 2 is 1.68 bits per heavy atom. The maximum atomic E-state index is 12.3. The van der Waals surface area contributed by atoms with E-state index >= 15 is 0 Å². The number of benzene rings is 3. The Morgan fingerprint density at radius 1 is 0.968 bits per heavy atom. The highest BCUT2D eigenvalue weighted by Gasteiger charge is 2.05. The highest BCUT2D eigenvalue weighted by molar-refractivity contribution is 6.00. The van der Waals surface area contributed by atoms with Gasteiger partial charge in [0.1, 0.15) is 18.1 Å². The van der Waals surface area contributed by atoms with Crippen LogP contribution in [0.1, 0.15) is 28.4 Å². The van der Waals surface area contributed by atoms with Gasteiger partial charge in [-0.25, -0.2) is 5.43 Å². The fourth-order valence-corrected chi connectivity index (χ4v) is 3.14. The van der Waals surface area contributed by atoms with Crippen LogP contribution in [0.2, 0.25) is 0 Å². The van der Waals surface area contributed by atoms with E-state index in [0.717, 1.165) is 33.5 Å². The van der Waals surface area contributed by atoms with Gasteiger partial charge in [-0.05, 0) is 55.0 Å². The molecule has 3 aromatic carbocycles. The van der Waals surface area contributed by atoms with Gasteiger partial charge in [0.05, 0.1) is 12.8 Å². The van der Waals surface area contributed by atoms with E-state index in [-0.39, 0.29) is 5.91 Å². The molecule has 0 bridgehead atoms. The normalized spacial score (nSPS) is 11.0. The summed E-state index contributed by atoms with van der Waals surface area (Å²) < 4.78 is 11.2. The van der Waals surface area contributed by atoms with Gasteiger partial charge in [-0.2, -0.15) is 5.10 Å². The number of H-pyrrole nitrogens is 1. The monoisotopic (exact) mass is 413 g/mol. The summed E-state index contributed by atoms with van der Waals surface area (Å²) in [4.78, 5) is 15.5. The standard InChI is InChI=1S/C25H23N3O3/c1-2-30-21-11-13-22(14-12-21)31-17-18-7-9-19(10-8-18)25(29)28-27-16-20-15-26-24-6-4-3-5-23(20)24/h3-16,26H,2,17H2,1H3,(H,28,29)/b27-16+. The number of hydrogen-bond acceptors (Lipinski definition) is 4. The molecule has 1 heterocycles. The van der Waals surface area contributed by atoms with Crippen molar-refractivity contribution in [3.05, 3.63) is 95.7 Å². The van der Waals surface area contributed by atoms with E-state index in [4.69, 9.17) is 9.47 Å². The molecule has 31 heavy (non-hydrogen) atoms. The molecule has 0 aliphatic carbocycles. The lowest BCUT2D eigenvalue weighted by atomic mass is 10.1. The highest BCUT2D eigenvalue weighted by Crippen LogP contribution is 2.19. The van der Waals surface area contributed by atoms with E-state index in [0.29, 0.717) is 18.8 Å². The van der Waals surface area contributed by atoms with Gasteiger partial charge in [-0.1, -0.05) is 30.3 Å². The molecule has 1 aromatic heterocycles. The van der Waals surface area contributed by atoms with Crippen molar-refractivity contribution in [1.29, 1.82) is 0 Å². The summed E-state index contributed by atoms with van der Waals surface area (Å²) in [6.45, 7) is 2.99. The number of rotatable bonds is 8. The largest absolute Gasteiger partial charge is 0.494 e. The summed E-state index contributed by atoms with van der Waals surface area (Å²) in [5.74, 6) is 1.31. The van der Waals surface area contributed by atoms with Crippen LogP contribution >= 0.6 is 0 Å². The first-order valence-electron chi connectivity index (χ1n) is 10.1. The number of nitrogens with zero attached hydrogens (tertiary/aromatic N) is 1. The van der Waals surface area contributed by atoms with Gasteiger partial charge < -0.3 is 14.5 Å². The SMILES string of the molecule is CCOc1ccc(OCc2ccc(C(=O)N/N=C/c3c[nH]c4ccccc34)cc2)cc1. The van der Waals surface area contributed by atoms with Crippen LogP contribution < -0.4 is 14.9 Å². The molecule has 1 amide bonds. The van der Waals surface area contributed by atoms with Crippen molar-refractivity contribution >= 4 is 23.0 Å². The molecule has 0 fully saturated rings. The zero-order valence-electron chi connectivity index (χ0n) is 17.2. The summed E-state index contributed by atoms with van der Waals surface area (Å²) in [6, 6.07) is 22.7. The second kappa shape index (κ2) is 9.63. The van der Waals surface area contributed by atoms with Crippen LogP contribution in [0.25, 0.3) is 10.9 Å². The first-order valence-corrected chi connectivity index (χ1v) is 10.1. The number of aromatic amines is 1. The zero-order valence-corrected chi connectivity index (χ0v) is 17.2. The number of para-hydroxylation sites is 1. The molecule has 6 heteroatoms. The third-order valence-electron chi connectivity index (χ3n) is 4.75. The summed E-state index contributed by atoms with van der Waals surface area (Å²) in [5, 5.41) is 5.13. The van der Waals surface area contributed by atoms with Crippen LogP contribution in [-0.2, 0) is 6.61 Å². The maximum Gasteiger partial charge on any atom is 0.271 e. The molecule has 0 unspecified atom stereocenters. The number of amides is 1. The third-order valence-corrected chi connectivity index (χ3v) is 4.75. The van der Waals surface area contributed by atoms with Crippen molar-refractivity contribution in [2.75, 3.05) is 6.61 Å². The molecule has 0 spiro atoms. The summed E-state index contributed by atoms with van der Waals surface area (Å²) in [5.41, 5.74) is 6.00. The predicted octanol–water partition coefficient (Wildman–Crippen LogP) is 4.91. The lowest BCUT2D eigenvalue weighted by Gasteiger charge is -2.08. The Morgan fingerprint density at radius 3 is 2.42 bits per heavy atom. The van der Waals surface area contributed by atoms with Crippen molar-refractivity contribution in [2.45, 2.75) is 13.5 Å². The van der Waals surface area contributed by atoms with Gasteiger partial charge >= 0.3 is 0 Å². The number of hydrogen-bond donors (Lipinski definition) is 2. The molecule has 6 nitrogen and oxygen atoms in total. The summed E-state index contributed by atoms with van der Waals surface area (Å²) >= 11 is 0. The van der Waals surface area contributed by atoms with Crippen molar-refractivity contribution < 1.29 is 14.3 Å². The molecule has 2 N–H and O–H groups in total. The summed E-state index contributed by atoms with van der Waals surface area (Å²) in [7, 11) is 0. The predicted molar refractivity (Wildman–Crippen MR) is 122 cm³/mol. The smallest absolute Gasteiger partial charge is 0.271 e. The van der Waals surface area contributed by atoms with Gasteiger partial charge in [0.15, 0.2) is 0 Å². The number of nitrogens with one attached hydrogen (secondary N) is 2. The number of hydrazone groups is 1. The van der Waals surface area contributed by atoms with Crippen LogP contribution in [0.15, 0.2) is 84.1 Å². The highest BCUT2D eigenvalue weighted by atomic mass is 16.5. The number of carbonyl (C=O) groups is 1. The molecule has 4 aromatic rings. The van der Waals surface area contributed by atoms with E-state index in [9.17, 15) is 4.79 Å². The zero-order chi connectivity index (χ0) is 21.5. The quantitative estimate of drug-likeness (QED) is 0.318. The van der Waals surface area contributed by atoms with Crippen molar-refractivity contribution in [3.8, 4) is 11.5 Å². The van der Waals surface area contributed by atoms with Crippen LogP contribution in [0, 0.1) is 0 Å². The molecule has 0 saturated heterocycles. The Bertz CT molecular complexity index is 1180. The topological polar surface area (TPSA) is 75.7 Å².